The molecule has 2 rings (SSSR count). The Morgan fingerprint density at radius 2 is 2.22 bits per heavy atom. The average Bonchev–Trinajstić information content (AvgIpc) is 2.86. The van der Waals surface area contributed by atoms with Gasteiger partial charge in [0.1, 0.15) is 18.1 Å². The minimum absolute atomic E-state index is 0.226. The van der Waals surface area contributed by atoms with Gasteiger partial charge in [-0.05, 0) is 36.8 Å². The molecule has 90 valence electrons. The molecule has 1 aromatic heterocycles. The first-order valence-corrected chi connectivity index (χ1v) is 5.40. The van der Waals surface area contributed by atoms with E-state index < -0.39 is 0 Å². The van der Waals surface area contributed by atoms with Crippen LogP contribution in [-0.4, -0.2) is 6.29 Å². The summed E-state index contributed by atoms with van der Waals surface area (Å²) in [6, 6.07) is 10.6. The van der Waals surface area contributed by atoms with Gasteiger partial charge in [-0.1, -0.05) is 6.07 Å². The van der Waals surface area contributed by atoms with Gasteiger partial charge in [-0.3, -0.25) is 4.79 Å². The maximum atomic E-state index is 10.5. The van der Waals surface area contributed by atoms with Crippen LogP contribution in [-0.2, 0) is 6.61 Å². The molecule has 0 N–H and O–H groups in total. The van der Waals surface area contributed by atoms with Crippen molar-refractivity contribution >= 4 is 6.29 Å². The van der Waals surface area contributed by atoms with Gasteiger partial charge in [0.05, 0.1) is 11.6 Å². The Morgan fingerprint density at radius 1 is 1.39 bits per heavy atom. The summed E-state index contributed by atoms with van der Waals surface area (Å²) in [5.74, 6) is 1.48. The molecule has 0 saturated heterocycles. The molecule has 0 fully saturated rings. The van der Waals surface area contributed by atoms with Crippen LogP contribution in [0.15, 0.2) is 34.7 Å². The van der Waals surface area contributed by atoms with Gasteiger partial charge in [-0.2, -0.15) is 5.26 Å². The Hall–Kier alpha value is -2.54. The van der Waals surface area contributed by atoms with Crippen LogP contribution in [0, 0.1) is 18.3 Å². The van der Waals surface area contributed by atoms with Gasteiger partial charge >= 0.3 is 0 Å². The highest BCUT2D eigenvalue weighted by atomic mass is 16.5. The number of carbonyl (C=O) groups excluding carboxylic acids is 1. The van der Waals surface area contributed by atoms with E-state index in [-0.39, 0.29) is 12.4 Å². The number of rotatable bonds is 4. The van der Waals surface area contributed by atoms with Crippen LogP contribution in [0.25, 0.3) is 0 Å². The molecule has 0 aliphatic carbocycles. The second-order valence-corrected chi connectivity index (χ2v) is 3.80. The Kier molecular flexibility index (Phi) is 3.44. The lowest BCUT2D eigenvalue weighted by atomic mass is 10.1. The van der Waals surface area contributed by atoms with Crippen LogP contribution in [0.1, 0.15) is 27.4 Å². The molecule has 4 nitrogen and oxygen atoms in total. The van der Waals surface area contributed by atoms with Crippen LogP contribution >= 0.6 is 0 Å². The van der Waals surface area contributed by atoms with Crippen molar-refractivity contribution in [1.29, 1.82) is 5.26 Å². The van der Waals surface area contributed by atoms with E-state index in [1.807, 2.05) is 13.0 Å². The summed E-state index contributed by atoms with van der Waals surface area (Å²) in [5, 5.41) is 8.81. The number of ether oxygens (including phenoxy) is 1. The number of carbonyl (C=O) groups is 1. The Balaban J connectivity index is 2.10. The van der Waals surface area contributed by atoms with E-state index in [0.29, 0.717) is 23.4 Å². The zero-order valence-electron chi connectivity index (χ0n) is 9.84. The summed E-state index contributed by atoms with van der Waals surface area (Å²) in [7, 11) is 0. The van der Waals surface area contributed by atoms with E-state index in [9.17, 15) is 4.79 Å². The first-order chi connectivity index (χ1) is 8.72. The Bertz CT molecular complexity index is 608. The lowest BCUT2D eigenvalue weighted by Gasteiger charge is -2.07. The fourth-order valence-electron chi connectivity index (χ4n) is 1.51. The number of hydrogen-bond donors (Lipinski definition) is 0. The van der Waals surface area contributed by atoms with Gasteiger partial charge in [0, 0.05) is 0 Å². The van der Waals surface area contributed by atoms with Gasteiger partial charge in [0.2, 0.25) is 0 Å². The molecular weight excluding hydrogens is 230 g/mol. The lowest BCUT2D eigenvalue weighted by Crippen LogP contribution is -1.96. The Morgan fingerprint density at radius 3 is 2.89 bits per heavy atom. The summed E-state index contributed by atoms with van der Waals surface area (Å²) in [6.07, 6.45) is 0.644. The predicted molar refractivity (Wildman–Crippen MR) is 64.3 cm³/mol. The third-order valence-corrected chi connectivity index (χ3v) is 2.49. The zero-order chi connectivity index (χ0) is 13.0. The molecule has 4 heteroatoms. The molecule has 0 aliphatic heterocycles. The van der Waals surface area contributed by atoms with Gasteiger partial charge < -0.3 is 9.15 Å². The van der Waals surface area contributed by atoms with Crippen molar-refractivity contribution in [2.24, 2.45) is 0 Å². The third kappa shape index (κ3) is 2.58. The number of benzene rings is 1. The molecule has 0 unspecified atom stereocenters. The minimum Gasteiger partial charge on any atom is -0.485 e. The van der Waals surface area contributed by atoms with Gasteiger partial charge in [-0.15, -0.1) is 0 Å². The molecule has 2 aromatic rings. The summed E-state index contributed by atoms with van der Waals surface area (Å²) >= 11 is 0. The minimum atomic E-state index is 0.226. The predicted octanol–water partition coefficient (Wildman–Crippen LogP) is 2.85. The molecule has 0 atom stereocenters. The fraction of sp³-hybridized carbons (Fsp3) is 0.143. The number of aryl methyl sites for hydroxylation is 1. The molecule has 1 aromatic carbocycles. The van der Waals surface area contributed by atoms with Crippen molar-refractivity contribution in [3.8, 4) is 11.8 Å². The van der Waals surface area contributed by atoms with Crippen molar-refractivity contribution < 1.29 is 13.9 Å². The van der Waals surface area contributed by atoms with Gasteiger partial charge in [-0.25, -0.2) is 0 Å². The molecule has 1 heterocycles. The first-order valence-electron chi connectivity index (χ1n) is 5.40. The molecular formula is C14H11NO3. The zero-order valence-corrected chi connectivity index (χ0v) is 9.84. The van der Waals surface area contributed by atoms with E-state index in [0.717, 1.165) is 5.56 Å². The first kappa shape index (κ1) is 11.9. The van der Waals surface area contributed by atoms with Crippen LogP contribution in [0.3, 0.4) is 0 Å². The monoisotopic (exact) mass is 241 g/mol. The molecule has 18 heavy (non-hydrogen) atoms. The molecule has 0 saturated carbocycles. The largest absolute Gasteiger partial charge is 0.485 e. The number of aldehydes is 1. The van der Waals surface area contributed by atoms with E-state index in [1.165, 1.54) is 0 Å². The van der Waals surface area contributed by atoms with Crippen molar-refractivity contribution in [2.45, 2.75) is 13.5 Å². The van der Waals surface area contributed by atoms with E-state index in [1.54, 1.807) is 24.3 Å². The lowest BCUT2D eigenvalue weighted by molar-refractivity contribution is 0.109. The summed E-state index contributed by atoms with van der Waals surface area (Å²) in [4.78, 5) is 10.5. The van der Waals surface area contributed by atoms with E-state index in [2.05, 4.69) is 6.07 Å². The molecule has 0 bridgehead atoms. The van der Waals surface area contributed by atoms with Crippen LogP contribution in [0.2, 0.25) is 0 Å². The topological polar surface area (TPSA) is 63.2 Å². The third-order valence-electron chi connectivity index (χ3n) is 2.49. The Labute approximate surface area is 104 Å². The SMILES string of the molecule is Cc1ccc(C#N)cc1OCc1ccc(C=O)o1. The highest BCUT2D eigenvalue weighted by molar-refractivity contribution is 5.70. The summed E-state index contributed by atoms with van der Waals surface area (Å²) in [5.41, 5.74) is 1.49. The molecule has 0 aliphatic rings. The van der Waals surface area contributed by atoms with E-state index >= 15 is 0 Å². The quantitative estimate of drug-likeness (QED) is 0.772. The summed E-state index contributed by atoms with van der Waals surface area (Å²) in [6.45, 7) is 2.12. The number of nitrogens with zero attached hydrogens (tertiary/aromatic N) is 1. The second kappa shape index (κ2) is 5.19. The highest BCUT2D eigenvalue weighted by Crippen LogP contribution is 2.20. The maximum absolute atomic E-state index is 10.5. The average molecular weight is 241 g/mol. The molecule has 0 radical (unpaired) electrons. The van der Waals surface area contributed by atoms with Gasteiger partial charge in [0.15, 0.2) is 12.0 Å². The van der Waals surface area contributed by atoms with Crippen molar-refractivity contribution in [2.75, 3.05) is 0 Å². The smallest absolute Gasteiger partial charge is 0.185 e. The standard InChI is InChI=1S/C14H11NO3/c1-10-2-3-11(7-15)6-14(10)17-9-13-5-4-12(8-16)18-13/h2-6,8H,9H2,1H3. The fourth-order valence-corrected chi connectivity index (χ4v) is 1.51. The van der Waals surface area contributed by atoms with Crippen LogP contribution in [0.5, 0.6) is 5.75 Å². The second-order valence-electron chi connectivity index (χ2n) is 3.80. The van der Waals surface area contributed by atoms with Crippen molar-refractivity contribution in [1.82, 2.24) is 0 Å². The maximum Gasteiger partial charge on any atom is 0.185 e. The molecule has 0 amide bonds. The highest BCUT2D eigenvalue weighted by Gasteiger charge is 2.05. The van der Waals surface area contributed by atoms with Gasteiger partial charge in [0.25, 0.3) is 0 Å². The van der Waals surface area contributed by atoms with Crippen LogP contribution < -0.4 is 4.74 Å². The number of furan rings is 1. The normalized spacial score (nSPS) is 9.78. The van der Waals surface area contributed by atoms with Crippen LogP contribution in [0.4, 0.5) is 0 Å². The molecule has 0 spiro atoms. The summed E-state index contributed by atoms with van der Waals surface area (Å²) < 4.78 is 10.8. The van der Waals surface area contributed by atoms with E-state index in [4.69, 9.17) is 14.4 Å². The number of hydrogen-bond acceptors (Lipinski definition) is 4. The van der Waals surface area contributed by atoms with Crippen molar-refractivity contribution in [3.05, 3.63) is 53.0 Å². The van der Waals surface area contributed by atoms with Crippen molar-refractivity contribution in [3.63, 3.8) is 0 Å². The number of nitriles is 1.